The van der Waals surface area contributed by atoms with E-state index in [0.29, 0.717) is 17.8 Å². The molecule has 8 heteroatoms. The van der Waals surface area contributed by atoms with Crippen molar-refractivity contribution in [2.75, 3.05) is 36.4 Å². The zero-order chi connectivity index (χ0) is 22.5. The molecule has 0 spiro atoms. The fourth-order valence-corrected chi connectivity index (χ4v) is 3.67. The van der Waals surface area contributed by atoms with Gasteiger partial charge in [0.25, 0.3) is 0 Å². The molecule has 3 aromatic rings. The lowest BCUT2D eigenvalue weighted by Crippen LogP contribution is -2.46. The van der Waals surface area contributed by atoms with Gasteiger partial charge < -0.3 is 10.2 Å². The Morgan fingerprint density at radius 1 is 0.906 bits per heavy atom. The molecular weight excluding hydrogens is 417 g/mol. The third-order valence-corrected chi connectivity index (χ3v) is 5.41. The Morgan fingerprint density at radius 2 is 1.62 bits per heavy atom. The summed E-state index contributed by atoms with van der Waals surface area (Å²) in [6.45, 7) is 3.36. The smallest absolute Gasteiger partial charge is 0.228 e. The number of hydrogen-bond acceptors (Lipinski definition) is 4. The molecule has 1 N–H and O–H groups in total. The van der Waals surface area contributed by atoms with Crippen molar-refractivity contribution in [2.45, 2.75) is 13.0 Å². The van der Waals surface area contributed by atoms with Crippen LogP contribution in [0.3, 0.4) is 0 Å². The summed E-state index contributed by atoms with van der Waals surface area (Å²) < 4.78 is 39.9. The molecule has 2 aromatic carbocycles. The fourth-order valence-electron chi connectivity index (χ4n) is 3.67. The number of carbonyl (C=O) groups is 1. The quantitative estimate of drug-likeness (QED) is 0.630. The van der Waals surface area contributed by atoms with Crippen LogP contribution in [0.15, 0.2) is 60.8 Å². The molecule has 4 rings (SSSR count). The van der Waals surface area contributed by atoms with Crippen molar-refractivity contribution in [1.29, 1.82) is 0 Å². The van der Waals surface area contributed by atoms with Crippen molar-refractivity contribution in [3.63, 3.8) is 0 Å². The molecule has 0 atom stereocenters. The van der Waals surface area contributed by atoms with Crippen LogP contribution in [-0.2, 0) is 17.8 Å². The van der Waals surface area contributed by atoms with E-state index >= 15 is 0 Å². The maximum atomic E-state index is 13.9. The van der Waals surface area contributed by atoms with Crippen LogP contribution in [-0.4, -0.2) is 42.0 Å². The summed E-state index contributed by atoms with van der Waals surface area (Å²) in [6.07, 6.45) is 1.76. The highest BCUT2D eigenvalue weighted by Crippen LogP contribution is 2.19. The van der Waals surface area contributed by atoms with Gasteiger partial charge in [-0.05, 0) is 35.9 Å². The predicted octanol–water partition coefficient (Wildman–Crippen LogP) is 4.00. The van der Waals surface area contributed by atoms with Crippen LogP contribution in [0.4, 0.5) is 24.7 Å². The number of benzene rings is 2. The molecule has 1 aliphatic rings. The van der Waals surface area contributed by atoms with Gasteiger partial charge in [-0.1, -0.05) is 18.2 Å². The van der Waals surface area contributed by atoms with Gasteiger partial charge in [-0.3, -0.25) is 9.69 Å². The van der Waals surface area contributed by atoms with Gasteiger partial charge in [-0.2, -0.15) is 0 Å². The van der Waals surface area contributed by atoms with Crippen molar-refractivity contribution in [3.05, 3.63) is 89.4 Å². The Balaban J connectivity index is 1.27. The second-order valence-electron chi connectivity index (χ2n) is 7.76. The number of amides is 1. The van der Waals surface area contributed by atoms with E-state index in [1.807, 2.05) is 6.07 Å². The van der Waals surface area contributed by atoms with Crippen molar-refractivity contribution in [2.24, 2.45) is 0 Å². The van der Waals surface area contributed by atoms with Crippen molar-refractivity contribution < 1.29 is 18.0 Å². The number of anilines is 2. The SMILES string of the molecule is O=C(Cc1ccc(F)cc1)Nc1ccc(N2CCN(Cc3ccc(F)cc3F)CC2)nc1. The molecule has 0 radical (unpaired) electrons. The van der Waals surface area contributed by atoms with Gasteiger partial charge in [0.15, 0.2) is 0 Å². The summed E-state index contributed by atoms with van der Waals surface area (Å²) in [5.41, 5.74) is 1.80. The van der Waals surface area contributed by atoms with E-state index in [1.165, 1.54) is 24.3 Å². The normalized spacial score (nSPS) is 14.4. The highest BCUT2D eigenvalue weighted by atomic mass is 19.1. The van der Waals surface area contributed by atoms with Gasteiger partial charge in [0.1, 0.15) is 23.3 Å². The van der Waals surface area contributed by atoms with Crippen LogP contribution in [0.2, 0.25) is 0 Å². The monoisotopic (exact) mass is 440 g/mol. The maximum absolute atomic E-state index is 13.9. The molecule has 32 heavy (non-hydrogen) atoms. The minimum atomic E-state index is -0.572. The number of nitrogens with one attached hydrogen (secondary N) is 1. The van der Waals surface area contributed by atoms with Crippen LogP contribution >= 0.6 is 0 Å². The van der Waals surface area contributed by atoms with E-state index in [-0.39, 0.29) is 18.1 Å². The first-order valence-electron chi connectivity index (χ1n) is 10.4. The van der Waals surface area contributed by atoms with E-state index < -0.39 is 11.6 Å². The van der Waals surface area contributed by atoms with Crippen LogP contribution in [0, 0.1) is 17.5 Å². The van der Waals surface area contributed by atoms with Crippen LogP contribution in [0.5, 0.6) is 0 Å². The summed E-state index contributed by atoms with van der Waals surface area (Å²) in [4.78, 5) is 20.9. The lowest BCUT2D eigenvalue weighted by Gasteiger charge is -2.35. The van der Waals surface area contributed by atoms with E-state index in [9.17, 15) is 18.0 Å². The third kappa shape index (κ3) is 5.64. The molecule has 1 fully saturated rings. The topological polar surface area (TPSA) is 48.5 Å². The van der Waals surface area contributed by atoms with Crippen LogP contribution < -0.4 is 10.2 Å². The summed E-state index contributed by atoms with van der Waals surface area (Å²) in [6, 6.07) is 13.1. The molecule has 2 heterocycles. The van der Waals surface area contributed by atoms with Crippen molar-refractivity contribution in [1.82, 2.24) is 9.88 Å². The average Bonchev–Trinajstić information content (AvgIpc) is 2.78. The third-order valence-electron chi connectivity index (χ3n) is 5.41. The number of pyridine rings is 1. The standard InChI is InChI=1S/C24H23F3N4O/c25-19-4-1-17(2-5-19)13-24(32)29-21-7-8-23(28-15-21)31-11-9-30(10-12-31)16-18-3-6-20(26)14-22(18)27/h1-8,14-15H,9-13,16H2,(H,29,32). The number of aromatic nitrogens is 1. The average molecular weight is 440 g/mol. The number of nitrogens with zero attached hydrogens (tertiary/aromatic N) is 3. The van der Waals surface area contributed by atoms with E-state index in [1.54, 1.807) is 24.4 Å². The molecule has 0 bridgehead atoms. The van der Waals surface area contributed by atoms with Gasteiger partial charge in [0.05, 0.1) is 18.3 Å². The Labute approximate surface area is 184 Å². The Morgan fingerprint density at radius 3 is 2.28 bits per heavy atom. The fraction of sp³-hybridized carbons (Fsp3) is 0.250. The number of halogens is 3. The number of rotatable bonds is 6. The first-order valence-corrected chi connectivity index (χ1v) is 10.4. The number of carbonyl (C=O) groups excluding carboxylic acids is 1. The molecule has 5 nitrogen and oxygen atoms in total. The molecular formula is C24H23F3N4O. The summed E-state index contributed by atoms with van der Waals surface area (Å²) in [7, 11) is 0. The lowest BCUT2D eigenvalue weighted by molar-refractivity contribution is -0.115. The Hall–Kier alpha value is -3.39. The molecule has 1 amide bonds. The van der Waals surface area contributed by atoms with Crippen LogP contribution in [0.25, 0.3) is 0 Å². The summed E-state index contributed by atoms with van der Waals surface area (Å²) in [5.74, 6) is -0.831. The molecule has 0 saturated carbocycles. The van der Waals surface area contributed by atoms with Gasteiger partial charge in [0.2, 0.25) is 5.91 Å². The van der Waals surface area contributed by atoms with Crippen molar-refractivity contribution in [3.8, 4) is 0 Å². The zero-order valence-corrected chi connectivity index (χ0v) is 17.4. The molecule has 0 aliphatic carbocycles. The van der Waals surface area contributed by atoms with Gasteiger partial charge in [-0.25, -0.2) is 18.2 Å². The minimum Gasteiger partial charge on any atom is -0.354 e. The van der Waals surface area contributed by atoms with Crippen LogP contribution in [0.1, 0.15) is 11.1 Å². The Kier molecular flexibility index (Phi) is 6.70. The summed E-state index contributed by atoms with van der Waals surface area (Å²) in [5, 5.41) is 2.79. The molecule has 166 valence electrons. The largest absolute Gasteiger partial charge is 0.354 e. The van der Waals surface area contributed by atoms with Crippen molar-refractivity contribution >= 4 is 17.4 Å². The molecule has 1 aliphatic heterocycles. The molecule has 1 aromatic heterocycles. The van der Waals surface area contributed by atoms with E-state index in [0.717, 1.165) is 43.6 Å². The Bertz CT molecular complexity index is 1070. The predicted molar refractivity (Wildman–Crippen MR) is 117 cm³/mol. The summed E-state index contributed by atoms with van der Waals surface area (Å²) >= 11 is 0. The molecule has 0 unspecified atom stereocenters. The highest BCUT2D eigenvalue weighted by molar-refractivity contribution is 5.92. The van der Waals surface area contributed by atoms with Gasteiger partial charge in [-0.15, -0.1) is 0 Å². The van der Waals surface area contributed by atoms with E-state index in [4.69, 9.17) is 0 Å². The minimum absolute atomic E-state index is 0.151. The second-order valence-corrected chi connectivity index (χ2v) is 7.76. The lowest BCUT2D eigenvalue weighted by atomic mass is 10.1. The maximum Gasteiger partial charge on any atom is 0.228 e. The highest BCUT2D eigenvalue weighted by Gasteiger charge is 2.19. The van der Waals surface area contributed by atoms with Gasteiger partial charge in [0, 0.05) is 44.4 Å². The first kappa shape index (κ1) is 21.8. The first-order chi connectivity index (χ1) is 15.5. The molecule has 1 saturated heterocycles. The van der Waals surface area contributed by atoms with E-state index in [2.05, 4.69) is 20.1 Å². The second kappa shape index (κ2) is 9.82. The number of hydrogen-bond donors (Lipinski definition) is 1. The van der Waals surface area contributed by atoms with Gasteiger partial charge >= 0.3 is 0 Å². The zero-order valence-electron chi connectivity index (χ0n) is 17.4. The number of piperazine rings is 1.